The van der Waals surface area contributed by atoms with E-state index < -0.39 is 11.6 Å². The van der Waals surface area contributed by atoms with Gasteiger partial charge < -0.3 is 5.32 Å². The van der Waals surface area contributed by atoms with Crippen LogP contribution in [0.2, 0.25) is 0 Å². The van der Waals surface area contributed by atoms with Crippen LogP contribution in [0.3, 0.4) is 0 Å². The maximum absolute atomic E-state index is 13.5. The van der Waals surface area contributed by atoms with Gasteiger partial charge >= 0.3 is 0 Å². The Morgan fingerprint density at radius 2 is 1.45 bits per heavy atom. The minimum absolute atomic E-state index is 0.0167. The molecule has 0 aromatic heterocycles. The van der Waals surface area contributed by atoms with E-state index in [1.54, 1.807) is 26.0 Å². The molecule has 0 heterocycles. The molecular weight excluding hydrogens is 263 g/mol. The molecule has 0 saturated carbocycles. The molecule has 20 heavy (non-hydrogen) atoms. The summed E-state index contributed by atoms with van der Waals surface area (Å²) in [6.45, 7) is 3.91. The van der Waals surface area contributed by atoms with Crippen molar-refractivity contribution in [3.63, 3.8) is 0 Å². The maximum Gasteiger partial charge on any atom is 0.130 e. The van der Waals surface area contributed by atoms with Crippen molar-refractivity contribution >= 4 is 0 Å². The molecule has 2 aromatic carbocycles. The summed E-state index contributed by atoms with van der Waals surface area (Å²) in [4.78, 5) is 0. The van der Waals surface area contributed by atoms with Crippen LogP contribution >= 0.6 is 0 Å². The highest BCUT2D eigenvalue weighted by Gasteiger charge is 2.08. The summed E-state index contributed by atoms with van der Waals surface area (Å²) >= 11 is 0. The van der Waals surface area contributed by atoms with Crippen LogP contribution in [-0.2, 0) is 13.1 Å². The van der Waals surface area contributed by atoms with Gasteiger partial charge in [0.1, 0.15) is 17.5 Å². The fraction of sp³-hybridized carbons (Fsp3) is 0.250. The highest BCUT2D eigenvalue weighted by molar-refractivity contribution is 5.30. The van der Waals surface area contributed by atoms with Crippen LogP contribution in [0.1, 0.15) is 22.3 Å². The Balaban J connectivity index is 2.03. The lowest BCUT2D eigenvalue weighted by atomic mass is 10.1. The topological polar surface area (TPSA) is 12.0 Å². The van der Waals surface area contributed by atoms with E-state index in [1.807, 2.05) is 0 Å². The molecule has 0 amide bonds. The van der Waals surface area contributed by atoms with Gasteiger partial charge in [0.15, 0.2) is 0 Å². The van der Waals surface area contributed by atoms with E-state index in [9.17, 15) is 13.2 Å². The predicted molar refractivity (Wildman–Crippen MR) is 72.8 cm³/mol. The highest BCUT2D eigenvalue weighted by Crippen LogP contribution is 2.15. The first-order valence-corrected chi connectivity index (χ1v) is 6.38. The van der Waals surface area contributed by atoms with Crippen molar-refractivity contribution in [2.24, 2.45) is 0 Å². The van der Waals surface area contributed by atoms with Gasteiger partial charge in [0.2, 0.25) is 0 Å². The number of halogens is 3. The van der Waals surface area contributed by atoms with Crippen molar-refractivity contribution in [1.82, 2.24) is 5.32 Å². The zero-order valence-corrected chi connectivity index (χ0v) is 11.4. The standard InChI is InChI=1S/C16H16F3N/c1-10-6-12(7-11(2)16(10)19)8-20-9-13-14(17)4-3-5-15(13)18/h3-7,20H,8-9H2,1-2H3. The van der Waals surface area contributed by atoms with Crippen molar-refractivity contribution in [1.29, 1.82) is 0 Å². The van der Waals surface area contributed by atoms with Crippen LogP contribution in [0.15, 0.2) is 30.3 Å². The first-order valence-electron chi connectivity index (χ1n) is 6.38. The van der Waals surface area contributed by atoms with E-state index in [-0.39, 0.29) is 17.9 Å². The largest absolute Gasteiger partial charge is 0.308 e. The molecule has 4 heteroatoms. The summed E-state index contributed by atoms with van der Waals surface area (Å²) in [6, 6.07) is 7.25. The average Bonchev–Trinajstić information content (AvgIpc) is 2.39. The summed E-state index contributed by atoms with van der Waals surface area (Å²) in [6.07, 6.45) is 0. The Kier molecular flexibility index (Phi) is 4.45. The molecule has 106 valence electrons. The Morgan fingerprint density at radius 3 is 2.00 bits per heavy atom. The maximum atomic E-state index is 13.5. The summed E-state index contributed by atoms with van der Waals surface area (Å²) in [7, 11) is 0. The van der Waals surface area contributed by atoms with Gasteiger partial charge in [0.05, 0.1) is 0 Å². The SMILES string of the molecule is Cc1cc(CNCc2c(F)cccc2F)cc(C)c1F. The molecule has 2 aromatic rings. The minimum atomic E-state index is -0.566. The molecule has 0 aliphatic heterocycles. The van der Waals surface area contributed by atoms with E-state index in [1.165, 1.54) is 18.2 Å². The lowest BCUT2D eigenvalue weighted by molar-refractivity contribution is 0.535. The van der Waals surface area contributed by atoms with Crippen molar-refractivity contribution < 1.29 is 13.2 Å². The zero-order chi connectivity index (χ0) is 14.7. The first-order chi connectivity index (χ1) is 9.49. The Labute approximate surface area is 116 Å². The van der Waals surface area contributed by atoms with Gasteiger partial charge in [-0.2, -0.15) is 0 Å². The second kappa shape index (κ2) is 6.09. The molecular formula is C16H16F3N. The third kappa shape index (κ3) is 3.20. The Hall–Kier alpha value is -1.81. The highest BCUT2D eigenvalue weighted by atomic mass is 19.1. The molecule has 0 radical (unpaired) electrons. The third-order valence-electron chi connectivity index (χ3n) is 3.19. The predicted octanol–water partition coefficient (Wildman–Crippen LogP) is 4.01. The lowest BCUT2D eigenvalue weighted by Gasteiger charge is -2.09. The van der Waals surface area contributed by atoms with Crippen LogP contribution in [0.25, 0.3) is 0 Å². The van der Waals surface area contributed by atoms with Gasteiger partial charge in [0, 0.05) is 18.7 Å². The van der Waals surface area contributed by atoms with Crippen molar-refractivity contribution in [3.05, 3.63) is 70.0 Å². The Morgan fingerprint density at radius 1 is 0.900 bits per heavy atom. The molecule has 2 rings (SSSR count). The molecule has 0 saturated heterocycles. The number of nitrogens with one attached hydrogen (secondary N) is 1. The van der Waals surface area contributed by atoms with Gasteiger partial charge in [-0.25, -0.2) is 13.2 Å². The van der Waals surface area contributed by atoms with Crippen LogP contribution in [0.5, 0.6) is 0 Å². The second-order valence-electron chi connectivity index (χ2n) is 4.85. The number of aryl methyl sites for hydroxylation is 2. The molecule has 0 aliphatic rings. The van der Waals surface area contributed by atoms with Crippen LogP contribution in [0.4, 0.5) is 13.2 Å². The van der Waals surface area contributed by atoms with Crippen molar-refractivity contribution in [2.45, 2.75) is 26.9 Å². The summed E-state index contributed by atoms with van der Waals surface area (Å²) in [5.41, 5.74) is 2.04. The smallest absolute Gasteiger partial charge is 0.130 e. The fourth-order valence-corrected chi connectivity index (χ4v) is 2.17. The lowest BCUT2D eigenvalue weighted by Crippen LogP contribution is -2.15. The number of hydrogen-bond acceptors (Lipinski definition) is 1. The van der Waals surface area contributed by atoms with E-state index in [0.717, 1.165) is 5.56 Å². The monoisotopic (exact) mass is 279 g/mol. The molecule has 1 N–H and O–H groups in total. The van der Waals surface area contributed by atoms with E-state index in [2.05, 4.69) is 5.32 Å². The zero-order valence-electron chi connectivity index (χ0n) is 11.4. The third-order valence-corrected chi connectivity index (χ3v) is 3.19. The van der Waals surface area contributed by atoms with Crippen molar-refractivity contribution in [2.75, 3.05) is 0 Å². The molecule has 0 fully saturated rings. The van der Waals surface area contributed by atoms with Gasteiger partial charge in [-0.15, -0.1) is 0 Å². The van der Waals surface area contributed by atoms with Crippen molar-refractivity contribution in [3.8, 4) is 0 Å². The first kappa shape index (κ1) is 14.6. The second-order valence-corrected chi connectivity index (χ2v) is 4.85. The van der Waals surface area contributed by atoms with Crippen LogP contribution in [0, 0.1) is 31.3 Å². The number of benzene rings is 2. The molecule has 0 aliphatic carbocycles. The van der Waals surface area contributed by atoms with Crippen LogP contribution in [-0.4, -0.2) is 0 Å². The summed E-state index contributed by atoms with van der Waals surface area (Å²) < 4.78 is 40.3. The molecule has 0 bridgehead atoms. The molecule has 0 spiro atoms. The molecule has 0 atom stereocenters. The molecule has 0 unspecified atom stereocenters. The minimum Gasteiger partial charge on any atom is -0.308 e. The summed E-state index contributed by atoms with van der Waals surface area (Å²) in [5.74, 6) is -1.35. The normalized spacial score (nSPS) is 10.8. The number of rotatable bonds is 4. The average molecular weight is 279 g/mol. The van der Waals surface area contributed by atoms with E-state index >= 15 is 0 Å². The summed E-state index contributed by atoms with van der Waals surface area (Å²) in [5, 5.41) is 2.97. The van der Waals surface area contributed by atoms with Gasteiger partial charge in [-0.1, -0.05) is 18.2 Å². The van der Waals surface area contributed by atoms with Gasteiger partial charge in [-0.3, -0.25) is 0 Å². The quantitative estimate of drug-likeness (QED) is 0.891. The van der Waals surface area contributed by atoms with E-state index in [4.69, 9.17) is 0 Å². The van der Waals surface area contributed by atoms with Crippen LogP contribution < -0.4 is 5.32 Å². The Bertz CT molecular complexity index is 580. The van der Waals surface area contributed by atoms with Gasteiger partial charge in [-0.05, 0) is 42.7 Å². The van der Waals surface area contributed by atoms with E-state index in [0.29, 0.717) is 17.7 Å². The number of hydrogen-bond donors (Lipinski definition) is 1. The fourth-order valence-electron chi connectivity index (χ4n) is 2.17. The van der Waals surface area contributed by atoms with Gasteiger partial charge in [0.25, 0.3) is 0 Å². The molecule has 1 nitrogen and oxygen atoms in total.